The second-order valence-electron chi connectivity index (χ2n) is 6.47. The summed E-state index contributed by atoms with van der Waals surface area (Å²) in [5.74, 6) is 0.575. The summed E-state index contributed by atoms with van der Waals surface area (Å²) in [6.45, 7) is 2.07. The summed E-state index contributed by atoms with van der Waals surface area (Å²) >= 11 is 6.11. The number of anilines is 1. The van der Waals surface area contributed by atoms with Gasteiger partial charge in [0.2, 0.25) is 5.91 Å². The molecule has 128 valence electrons. The van der Waals surface area contributed by atoms with Crippen molar-refractivity contribution in [2.75, 3.05) is 25.0 Å². The number of carbonyl (C=O) groups excluding carboxylic acids is 1. The van der Waals surface area contributed by atoms with Gasteiger partial charge in [-0.15, -0.1) is 11.6 Å². The number of aromatic nitrogens is 1. The number of nitrogens with one attached hydrogen (secondary N) is 1. The van der Waals surface area contributed by atoms with Crippen LogP contribution >= 0.6 is 11.6 Å². The molecule has 1 aromatic carbocycles. The van der Waals surface area contributed by atoms with E-state index >= 15 is 0 Å². The Morgan fingerprint density at radius 3 is 2.83 bits per heavy atom. The molecule has 0 radical (unpaired) electrons. The third-order valence-electron chi connectivity index (χ3n) is 4.96. The molecule has 0 bridgehead atoms. The van der Waals surface area contributed by atoms with Gasteiger partial charge in [-0.05, 0) is 31.6 Å². The number of carbonyl (C=O) groups is 1. The van der Waals surface area contributed by atoms with Gasteiger partial charge in [0.15, 0.2) is 0 Å². The summed E-state index contributed by atoms with van der Waals surface area (Å²) in [7, 11) is 1.63. The van der Waals surface area contributed by atoms with Crippen LogP contribution in [0.1, 0.15) is 25.7 Å². The van der Waals surface area contributed by atoms with E-state index in [-0.39, 0.29) is 5.91 Å². The first-order valence-electron chi connectivity index (χ1n) is 8.62. The first-order valence-corrected chi connectivity index (χ1v) is 9.06. The van der Waals surface area contributed by atoms with Crippen LogP contribution in [0, 0.1) is 5.92 Å². The lowest BCUT2D eigenvalue weighted by Crippen LogP contribution is -2.34. The zero-order valence-electron chi connectivity index (χ0n) is 14.0. The standard InChI is InChI=1S/C19H24ClN3O/c1-21-19(24)17(20)7-6-14-8-10-23(11-9-14)18-13-22-12-15-4-2-3-5-16(15)18/h2-5,12-14,17H,6-11H2,1H3,(H,21,24). The van der Waals surface area contributed by atoms with Crippen LogP contribution in [0.4, 0.5) is 5.69 Å². The predicted octanol–water partition coefficient (Wildman–Crippen LogP) is 3.58. The highest BCUT2D eigenvalue weighted by Crippen LogP contribution is 2.31. The molecular formula is C19H24ClN3O. The number of benzene rings is 1. The molecule has 1 aromatic heterocycles. The molecule has 0 saturated carbocycles. The summed E-state index contributed by atoms with van der Waals surface area (Å²) in [4.78, 5) is 18.3. The van der Waals surface area contributed by atoms with Crippen LogP contribution in [-0.4, -0.2) is 36.4 Å². The number of amides is 1. The Morgan fingerprint density at radius 1 is 1.33 bits per heavy atom. The highest BCUT2D eigenvalue weighted by molar-refractivity contribution is 6.30. The summed E-state index contributed by atoms with van der Waals surface area (Å²) in [5.41, 5.74) is 1.23. The van der Waals surface area contributed by atoms with E-state index in [1.54, 1.807) is 7.05 Å². The molecule has 2 heterocycles. The van der Waals surface area contributed by atoms with Crippen LogP contribution in [0.25, 0.3) is 10.8 Å². The number of hydrogen-bond acceptors (Lipinski definition) is 3. The fraction of sp³-hybridized carbons (Fsp3) is 0.474. The molecular weight excluding hydrogens is 322 g/mol. The molecule has 4 nitrogen and oxygen atoms in total. The van der Waals surface area contributed by atoms with Crippen molar-refractivity contribution in [1.29, 1.82) is 0 Å². The number of pyridine rings is 1. The van der Waals surface area contributed by atoms with Crippen molar-refractivity contribution < 1.29 is 4.79 Å². The van der Waals surface area contributed by atoms with E-state index < -0.39 is 5.38 Å². The van der Waals surface area contributed by atoms with Crippen LogP contribution in [-0.2, 0) is 4.79 Å². The third kappa shape index (κ3) is 3.81. The van der Waals surface area contributed by atoms with Gasteiger partial charge in [-0.2, -0.15) is 0 Å². The van der Waals surface area contributed by atoms with Gasteiger partial charge in [-0.3, -0.25) is 9.78 Å². The van der Waals surface area contributed by atoms with Gasteiger partial charge in [0.1, 0.15) is 5.38 Å². The Hall–Kier alpha value is -1.81. The molecule has 1 fully saturated rings. The molecule has 0 aliphatic carbocycles. The average molecular weight is 346 g/mol. The predicted molar refractivity (Wildman–Crippen MR) is 99.6 cm³/mol. The molecule has 0 spiro atoms. The summed E-state index contributed by atoms with van der Waals surface area (Å²) < 4.78 is 0. The molecule has 1 unspecified atom stereocenters. The van der Waals surface area contributed by atoms with E-state index in [0.29, 0.717) is 5.92 Å². The number of fused-ring (bicyclic) bond motifs is 1. The van der Waals surface area contributed by atoms with E-state index in [9.17, 15) is 4.79 Å². The maximum Gasteiger partial charge on any atom is 0.237 e. The van der Waals surface area contributed by atoms with Gasteiger partial charge < -0.3 is 10.2 Å². The molecule has 5 heteroatoms. The monoisotopic (exact) mass is 345 g/mol. The van der Waals surface area contributed by atoms with Crippen molar-refractivity contribution in [3.63, 3.8) is 0 Å². The number of hydrogen-bond donors (Lipinski definition) is 1. The number of rotatable bonds is 5. The fourth-order valence-corrected chi connectivity index (χ4v) is 3.72. The first-order chi connectivity index (χ1) is 11.7. The van der Waals surface area contributed by atoms with Crippen molar-refractivity contribution in [3.05, 3.63) is 36.7 Å². The first kappa shape index (κ1) is 17.0. The molecule has 24 heavy (non-hydrogen) atoms. The summed E-state index contributed by atoms with van der Waals surface area (Å²) in [6.07, 6.45) is 7.94. The van der Waals surface area contributed by atoms with Gasteiger partial charge in [-0.1, -0.05) is 24.3 Å². The Balaban J connectivity index is 1.58. The Bertz CT molecular complexity index is 693. The normalized spacial score (nSPS) is 17.0. The zero-order chi connectivity index (χ0) is 16.9. The largest absolute Gasteiger partial charge is 0.370 e. The topological polar surface area (TPSA) is 45.2 Å². The van der Waals surface area contributed by atoms with Gasteiger partial charge in [0.25, 0.3) is 0 Å². The van der Waals surface area contributed by atoms with Gasteiger partial charge in [0, 0.05) is 37.1 Å². The average Bonchev–Trinajstić information content (AvgIpc) is 2.65. The molecule has 2 aromatic rings. The molecule has 1 aliphatic heterocycles. The SMILES string of the molecule is CNC(=O)C(Cl)CCC1CCN(c2cncc3ccccc23)CC1. The molecule has 1 amide bonds. The minimum atomic E-state index is -0.407. The summed E-state index contributed by atoms with van der Waals surface area (Å²) in [6, 6.07) is 8.41. The Kier molecular flexibility index (Phi) is 5.56. The van der Waals surface area contributed by atoms with Gasteiger partial charge in [0.05, 0.1) is 11.9 Å². The molecule has 1 N–H and O–H groups in total. The van der Waals surface area contributed by atoms with Crippen molar-refractivity contribution in [2.24, 2.45) is 5.92 Å². The van der Waals surface area contributed by atoms with E-state index in [1.807, 2.05) is 12.4 Å². The van der Waals surface area contributed by atoms with Gasteiger partial charge in [-0.25, -0.2) is 0 Å². The van der Waals surface area contributed by atoms with Crippen molar-refractivity contribution in [2.45, 2.75) is 31.1 Å². The van der Waals surface area contributed by atoms with Crippen LogP contribution in [0.3, 0.4) is 0 Å². The van der Waals surface area contributed by atoms with E-state index in [4.69, 9.17) is 11.6 Å². The Morgan fingerprint density at radius 2 is 2.08 bits per heavy atom. The zero-order valence-corrected chi connectivity index (χ0v) is 14.8. The highest BCUT2D eigenvalue weighted by Gasteiger charge is 2.22. The third-order valence-corrected chi connectivity index (χ3v) is 5.38. The van der Waals surface area contributed by atoms with Crippen LogP contribution in [0.15, 0.2) is 36.7 Å². The highest BCUT2D eigenvalue weighted by atomic mass is 35.5. The maximum absolute atomic E-state index is 11.5. The molecule has 3 rings (SSSR count). The van der Waals surface area contributed by atoms with Gasteiger partial charge >= 0.3 is 0 Å². The van der Waals surface area contributed by atoms with Crippen LogP contribution in [0.5, 0.6) is 0 Å². The second-order valence-corrected chi connectivity index (χ2v) is 7.00. The lowest BCUT2D eigenvalue weighted by atomic mass is 9.91. The van der Waals surface area contributed by atoms with E-state index in [0.717, 1.165) is 38.8 Å². The number of alkyl halides is 1. The maximum atomic E-state index is 11.5. The number of halogens is 1. The Labute approximate surface area is 148 Å². The van der Waals surface area contributed by atoms with Crippen molar-refractivity contribution >= 4 is 34.0 Å². The quantitative estimate of drug-likeness (QED) is 0.842. The second kappa shape index (κ2) is 7.84. The van der Waals surface area contributed by atoms with Crippen LogP contribution in [0.2, 0.25) is 0 Å². The minimum Gasteiger partial charge on any atom is -0.370 e. The number of piperidine rings is 1. The molecule has 1 aliphatic rings. The lowest BCUT2D eigenvalue weighted by molar-refractivity contribution is -0.120. The van der Waals surface area contributed by atoms with Crippen molar-refractivity contribution in [1.82, 2.24) is 10.3 Å². The van der Waals surface area contributed by atoms with E-state index in [2.05, 4.69) is 39.5 Å². The van der Waals surface area contributed by atoms with Crippen molar-refractivity contribution in [3.8, 4) is 0 Å². The fourth-order valence-electron chi connectivity index (χ4n) is 3.48. The summed E-state index contributed by atoms with van der Waals surface area (Å²) in [5, 5.41) is 4.66. The van der Waals surface area contributed by atoms with E-state index in [1.165, 1.54) is 16.5 Å². The minimum absolute atomic E-state index is 0.0732. The smallest absolute Gasteiger partial charge is 0.237 e. The van der Waals surface area contributed by atoms with Crippen LogP contribution < -0.4 is 10.2 Å². The lowest BCUT2D eigenvalue weighted by Gasteiger charge is -2.34. The number of nitrogens with zero attached hydrogens (tertiary/aromatic N) is 2. The molecule has 1 saturated heterocycles. The molecule has 1 atom stereocenters.